The summed E-state index contributed by atoms with van der Waals surface area (Å²) in [6, 6.07) is 14.1. The van der Waals surface area contributed by atoms with E-state index < -0.39 is 29.4 Å². The number of aliphatic hydroxyl groups excluding tert-OH is 1. The molecule has 1 N–H and O–H groups in total. The number of fused-ring (bicyclic) bond motifs is 1. The van der Waals surface area contributed by atoms with Crippen molar-refractivity contribution in [2.45, 2.75) is 12.5 Å². The normalized spacial score (nSPS) is 18.5. The van der Waals surface area contributed by atoms with Gasteiger partial charge in [-0.2, -0.15) is 0 Å². The van der Waals surface area contributed by atoms with Gasteiger partial charge < -0.3 is 14.7 Å². The van der Waals surface area contributed by atoms with Crippen LogP contribution in [0.25, 0.3) is 5.76 Å². The number of ether oxygens (including phenoxy) is 1. The predicted molar refractivity (Wildman–Crippen MR) is 128 cm³/mol. The minimum Gasteiger partial charge on any atom is -0.507 e. The molecule has 5 rings (SSSR count). The van der Waals surface area contributed by atoms with Crippen LogP contribution in [0, 0.1) is 11.6 Å². The maximum absolute atomic E-state index is 14.1. The highest BCUT2D eigenvalue weighted by atomic mass is 19.2. The minimum atomic E-state index is -1.15. The van der Waals surface area contributed by atoms with E-state index >= 15 is 0 Å². The van der Waals surface area contributed by atoms with Gasteiger partial charge in [-0.05, 0) is 53.6 Å². The van der Waals surface area contributed by atoms with Gasteiger partial charge in [-0.1, -0.05) is 12.1 Å². The smallest absolute Gasteiger partial charge is 0.300 e. The molecule has 178 valence electrons. The summed E-state index contributed by atoms with van der Waals surface area (Å²) in [5, 5.41) is 11.3. The van der Waals surface area contributed by atoms with E-state index in [1.54, 1.807) is 30.3 Å². The van der Waals surface area contributed by atoms with Crippen molar-refractivity contribution in [3.05, 3.63) is 94.6 Å². The lowest BCUT2D eigenvalue weighted by molar-refractivity contribution is -0.132. The van der Waals surface area contributed by atoms with Gasteiger partial charge in [0.25, 0.3) is 11.7 Å². The van der Waals surface area contributed by atoms with Gasteiger partial charge in [-0.15, -0.1) is 0 Å². The first-order valence-corrected chi connectivity index (χ1v) is 11.1. The summed E-state index contributed by atoms with van der Waals surface area (Å²) in [5.41, 5.74) is 2.55. The molecule has 1 fully saturated rings. The summed E-state index contributed by atoms with van der Waals surface area (Å²) in [7, 11) is 3.75. The number of anilines is 2. The molecule has 0 bridgehead atoms. The molecule has 2 aliphatic heterocycles. The first kappa shape index (κ1) is 22.6. The summed E-state index contributed by atoms with van der Waals surface area (Å²) in [5.74, 6) is -3.71. The number of aliphatic hydroxyl groups is 1. The predicted octanol–water partition coefficient (Wildman–Crippen LogP) is 4.59. The monoisotopic (exact) mass is 476 g/mol. The summed E-state index contributed by atoms with van der Waals surface area (Å²) in [6.07, 6.45) is 0.662. The van der Waals surface area contributed by atoms with E-state index in [9.17, 15) is 23.5 Å². The Morgan fingerprint density at radius 3 is 2.43 bits per heavy atom. The van der Waals surface area contributed by atoms with Gasteiger partial charge in [0.1, 0.15) is 11.5 Å². The van der Waals surface area contributed by atoms with Gasteiger partial charge in [0.15, 0.2) is 11.6 Å². The van der Waals surface area contributed by atoms with Gasteiger partial charge in [-0.3, -0.25) is 14.5 Å². The molecule has 0 aliphatic carbocycles. The van der Waals surface area contributed by atoms with Crippen molar-refractivity contribution >= 4 is 28.8 Å². The van der Waals surface area contributed by atoms with Crippen molar-refractivity contribution in [3.63, 3.8) is 0 Å². The van der Waals surface area contributed by atoms with Crippen molar-refractivity contribution < 1.29 is 28.2 Å². The van der Waals surface area contributed by atoms with Crippen LogP contribution in [0.1, 0.15) is 22.7 Å². The summed E-state index contributed by atoms with van der Waals surface area (Å²) in [6.45, 7) is 0.526. The lowest BCUT2D eigenvalue weighted by Crippen LogP contribution is -2.29. The number of rotatable bonds is 4. The number of Topliss-reactive ketones (excluding diaryl/α,β-unsaturated/α-hetero) is 1. The number of halogens is 2. The molecule has 35 heavy (non-hydrogen) atoms. The highest BCUT2D eigenvalue weighted by Crippen LogP contribution is 2.43. The van der Waals surface area contributed by atoms with Gasteiger partial charge >= 0.3 is 0 Å². The molecule has 1 unspecified atom stereocenters. The Morgan fingerprint density at radius 1 is 1.00 bits per heavy atom. The van der Waals surface area contributed by atoms with Crippen LogP contribution in [0.5, 0.6) is 5.75 Å². The molecule has 1 saturated heterocycles. The number of hydrogen-bond donors (Lipinski definition) is 1. The molecule has 3 aromatic rings. The van der Waals surface area contributed by atoms with E-state index in [1.165, 1.54) is 6.07 Å². The SMILES string of the molecule is CN(C)c1ccc(C2/C(=C(/O)c3ccc4c(c3)CCO4)C(=O)C(=O)N2c2ccc(F)c(F)c2)cc1. The highest BCUT2D eigenvalue weighted by molar-refractivity contribution is 6.51. The van der Waals surface area contributed by atoms with E-state index in [-0.39, 0.29) is 17.0 Å². The van der Waals surface area contributed by atoms with Crippen molar-refractivity contribution in [3.8, 4) is 5.75 Å². The zero-order chi connectivity index (χ0) is 24.9. The molecule has 1 amide bonds. The highest BCUT2D eigenvalue weighted by Gasteiger charge is 2.47. The molecular formula is C27H22F2N2O4. The van der Waals surface area contributed by atoms with Crippen molar-refractivity contribution in [2.24, 2.45) is 0 Å². The quantitative estimate of drug-likeness (QED) is 0.339. The molecule has 0 radical (unpaired) electrons. The lowest BCUT2D eigenvalue weighted by atomic mass is 9.94. The Morgan fingerprint density at radius 2 is 1.74 bits per heavy atom. The summed E-state index contributed by atoms with van der Waals surface area (Å²) < 4.78 is 33.2. The first-order valence-electron chi connectivity index (χ1n) is 11.1. The Kier molecular flexibility index (Phi) is 5.51. The maximum atomic E-state index is 14.1. The zero-order valence-electron chi connectivity index (χ0n) is 19.1. The van der Waals surface area contributed by atoms with Gasteiger partial charge in [0, 0.05) is 43.5 Å². The molecule has 8 heteroatoms. The Bertz CT molecular complexity index is 1380. The number of carbonyl (C=O) groups excluding carboxylic acids is 2. The average molecular weight is 476 g/mol. The van der Waals surface area contributed by atoms with Gasteiger partial charge in [0.05, 0.1) is 18.2 Å². The summed E-state index contributed by atoms with van der Waals surface area (Å²) >= 11 is 0. The van der Waals surface area contributed by atoms with E-state index in [1.807, 2.05) is 31.1 Å². The molecular weight excluding hydrogens is 454 g/mol. The topological polar surface area (TPSA) is 70.1 Å². The summed E-state index contributed by atoms with van der Waals surface area (Å²) in [4.78, 5) is 29.4. The van der Waals surface area contributed by atoms with E-state index in [0.29, 0.717) is 29.9 Å². The molecule has 2 heterocycles. The zero-order valence-corrected chi connectivity index (χ0v) is 19.1. The third kappa shape index (κ3) is 3.80. The first-order chi connectivity index (χ1) is 16.8. The molecule has 3 aromatic carbocycles. The second-order valence-corrected chi connectivity index (χ2v) is 8.67. The number of ketones is 1. The van der Waals surface area contributed by atoms with Crippen molar-refractivity contribution in [2.75, 3.05) is 30.5 Å². The molecule has 6 nitrogen and oxygen atoms in total. The molecule has 2 aliphatic rings. The number of nitrogens with zero attached hydrogens (tertiary/aromatic N) is 2. The van der Waals surface area contributed by atoms with E-state index in [2.05, 4.69) is 0 Å². The van der Waals surface area contributed by atoms with E-state index in [4.69, 9.17) is 4.74 Å². The van der Waals surface area contributed by atoms with Crippen LogP contribution in [0.4, 0.5) is 20.2 Å². The largest absolute Gasteiger partial charge is 0.507 e. The molecule has 0 saturated carbocycles. The Labute approximate surface area is 200 Å². The number of benzene rings is 3. The van der Waals surface area contributed by atoms with Crippen LogP contribution in [0.3, 0.4) is 0 Å². The number of hydrogen-bond acceptors (Lipinski definition) is 5. The average Bonchev–Trinajstić information content (AvgIpc) is 3.42. The standard InChI is InChI=1S/C27H22F2N2O4/c1-30(2)18-6-3-15(4-7-18)24-23(25(32)17-5-10-22-16(13-17)11-12-35-22)26(33)27(34)31(24)19-8-9-20(28)21(29)14-19/h3-10,13-14,24,32H,11-12H2,1-2H3/b25-23-. The Balaban J connectivity index is 1.69. The van der Waals surface area contributed by atoms with Crippen molar-refractivity contribution in [1.82, 2.24) is 0 Å². The van der Waals surface area contributed by atoms with Crippen LogP contribution in [0.15, 0.2) is 66.2 Å². The van der Waals surface area contributed by atoms with E-state index in [0.717, 1.165) is 28.3 Å². The van der Waals surface area contributed by atoms with Crippen LogP contribution in [-0.4, -0.2) is 37.5 Å². The third-order valence-electron chi connectivity index (χ3n) is 6.31. The van der Waals surface area contributed by atoms with Crippen LogP contribution >= 0.6 is 0 Å². The van der Waals surface area contributed by atoms with Crippen LogP contribution < -0.4 is 14.5 Å². The fourth-order valence-electron chi connectivity index (χ4n) is 4.49. The fraction of sp³-hybridized carbons (Fsp3) is 0.185. The van der Waals surface area contributed by atoms with Gasteiger partial charge in [-0.25, -0.2) is 8.78 Å². The second kappa shape index (κ2) is 8.54. The molecule has 1 atom stereocenters. The van der Waals surface area contributed by atoms with Crippen molar-refractivity contribution in [1.29, 1.82) is 0 Å². The van der Waals surface area contributed by atoms with Crippen LogP contribution in [-0.2, 0) is 16.0 Å². The van der Waals surface area contributed by atoms with Gasteiger partial charge in [0.2, 0.25) is 0 Å². The maximum Gasteiger partial charge on any atom is 0.300 e. The fourth-order valence-corrected chi connectivity index (χ4v) is 4.49. The minimum absolute atomic E-state index is 0.00842. The molecule has 0 aromatic heterocycles. The third-order valence-corrected chi connectivity index (χ3v) is 6.31. The lowest BCUT2D eigenvalue weighted by Gasteiger charge is -2.26. The molecule has 0 spiro atoms. The Hall–Kier alpha value is -4.20. The number of carbonyl (C=O) groups is 2. The van der Waals surface area contributed by atoms with Crippen LogP contribution in [0.2, 0.25) is 0 Å². The second-order valence-electron chi connectivity index (χ2n) is 8.67. The number of amides is 1.